The maximum atomic E-state index is 11.5. The van der Waals surface area contributed by atoms with Crippen LogP contribution in [0.25, 0.3) is 0 Å². The first-order valence-corrected chi connectivity index (χ1v) is 7.58. The van der Waals surface area contributed by atoms with Gasteiger partial charge in [0.15, 0.2) is 0 Å². The van der Waals surface area contributed by atoms with Gasteiger partial charge in [0.1, 0.15) is 5.02 Å². The summed E-state index contributed by atoms with van der Waals surface area (Å²) in [6.07, 6.45) is 8.47. The highest BCUT2D eigenvalue weighted by atomic mass is 35.5. The first kappa shape index (κ1) is 11.8. The molecular weight excluding hydrogens is 262 g/mol. The molecule has 1 aromatic heterocycles. The normalized spacial score (nSPS) is 39.5. The van der Waals surface area contributed by atoms with E-state index in [0.717, 1.165) is 23.7 Å². The first-order valence-electron chi connectivity index (χ1n) is 7.20. The number of hydrogen-bond donors (Lipinski definition) is 2. The minimum atomic E-state index is -0.310. The molecule has 4 bridgehead atoms. The lowest BCUT2D eigenvalue weighted by molar-refractivity contribution is 0.00753. The highest BCUT2D eigenvalue weighted by Gasteiger charge is 2.48. The van der Waals surface area contributed by atoms with E-state index < -0.39 is 0 Å². The van der Waals surface area contributed by atoms with Crippen molar-refractivity contribution in [3.05, 3.63) is 21.6 Å². The van der Waals surface area contributed by atoms with Gasteiger partial charge in [-0.05, 0) is 55.8 Å². The van der Waals surface area contributed by atoms with Crippen LogP contribution in [-0.2, 0) is 0 Å². The van der Waals surface area contributed by atoms with Gasteiger partial charge in [-0.15, -0.1) is 0 Å². The number of nitrogens with one attached hydrogen (secondary N) is 2. The lowest BCUT2D eigenvalue weighted by Crippen LogP contribution is -2.51. The molecule has 4 fully saturated rings. The van der Waals surface area contributed by atoms with E-state index in [1.807, 2.05) is 0 Å². The molecule has 0 atom stereocenters. The first-order chi connectivity index (χ1) is 9.20. The average molecular weight is 280 g/mol. The number of aromatic nitrogens is 2. The van der Waals surface area contributed by atoms with Gasteiger partial charge in [-0.3, -0.25) is 4.79 Å². The molecule has 5 heteroatoms. The second-order valence-corrected chi connectivity index (χ2v) is 6.91. The van der Waals surface area contributed by atoms with Crippen LogP contribution in [0.2, 0.25) is 5.02 Å². The Hall–Kier alpha value is -1.03. The second kappa shape index (κ2) is 4.23. The smallest absolute Gasteiger partial charge is 0.285 e. The van der Waals surface area contributed by atoms with Gasteiger partial charge < -0.3 is 5.32 Å². The molecule has 4 nitrogen and oxygen atoms in total. The van der Waals surface area contributed by atoms with E-state index in [1.165, 1.54) is 32.1 Å². The van der Waals surface area contributed by atoms with Crippen LogP contribution in [-0.4, -0.2) is 16.2 Å². The van der Waals surface area contributed by atoms with E-state index in [1.54, 1.807) is 6.20 Å². The van der Waals surface area contributed by atoms with Crippen LogP contribution in [0.15, 0.2) is 11.0 Å². The van der Waals surface area contributed by atoms with E-state index in [2.05, 4.69) is 15.5 Å². The Labute approximate surface area is 116 Å². The summed E-state index contributed by atoms with van der Waals surface area (Å²) in [6, 6.07) is 0.480. The summed E-state index contributed by atoms with van der Waals surface area (Å²) >= 11 is 6.06. The molecule has 0 amide bonds. The Kier molecular flexibility index (Phi) is 2.62. The highest BCUT2D eigenvalue weighted by molar-refractivity contribution is 6.32. The molecule has 4 aliphatic carbocycles. The van der Waals surface area contributed by atoms with Crippen LogP contribution in [0.1, 0.15) is 32.1 Å². The minimum absolute atomic E-state index is 0.240. The van der Waals surface area contributed by atoms with Crippen molar-refractivity contribution < 1.29 is 0 Å². The van der Waals surface area contributed by atoms with E-state index in [-0.39, 0.29) is 10.6 Å². The maximum Gasteiger partial charge on any atom is 0.285 e. The van der Waals surface area contributed by atoms with Gasteiger partial charge in [-0.1, -0.05) is 11.6 Å². The molecule has 102 valence electrons. The van der Waals surface area contributed by atoms with Crippen LogP contribution in [0.4, 0.5) is 5.69 Å². The fourth-order valence-corrected chi connectivity index (χ4v) is 4.97. The number of anilines is 1. The topological polar surface area (TPSA) is 57.8 Å². The van der Waals surface area contributed by atoms with Gasteiger partial charge in [0.25, 0.3) is 5.56 Å². The predicted molar refractivity (Wildman–Crippen MR) is 74.3 cm³/mol. The van der Waals surface area contributed by atoms with Crippen molar-refractivity contribution in [2.75, 3.05) is 5.32 Å². The van der Waals surface area contributed by atoms with Crippen molar-refractivity contribution in [3.63, 3.8) is 0 Å². The maximum absolute atomic E-state index is 11.5. The molecule has 5 rings (SSSR count). The summed E-state index contributed by atoms with van der Waals surface area (Å²) in [5, 5.41) is 9.97. The lowest BCUT2D eigenvalue weighted by Gasteiger charge is -2.54. The molecule has 1 aromatic rings. The van der Waals surface area contributed by atoms with Gasteiger partial charge in [0, 0.05) is 6.04 Å². The molecular formula is C14H18ClN3O. The molecule has 0 saturated heterocycles. The fraction of sp³-hybridized carbons (Fsp3) is 0.714. The standard InChI is InChI=1S/C14H18ClN3O/c15-12-11(6-16-18-14(12)19)17-13-9-2-7-1-8(4-9)5-10(13)3-7/h6-10,13H,1-5H2,(H2,17,18,19). The van der Waals surface area contributed by atoms with Gasteiger partial charge in [-0.25, -0.2) is 5.10 Å². The third-order valence-electron chi connectivity index (χ3n) is 5.34. The number of aromatic amines is 1. The Morgan fingerprint density at radius 1 is 1.16 bits per heavy atom. The Bertz CT molecular complexity index is 528. The van der Waals surface area contributed by atoms with Crippen molar-refractivity contribution in [3.8, 4) is 0 Å². The lowest BCUT2D eigenvalue weighted by atomic mass is 9.54. The summed E-state index contributed by atoms with van der Waals surface area (Å²) in [5.74, 6) is 3.42. The van der Waals surface area contributed by atoms with E-state index in [4.69, 9.17) is 11.6 Å². The predicted octanol–water partition coefficient (Wildman–Crippen LogP) is 2.66. The van der Waals surface area contributed by atoms with Crippen LogP contribution >= 0.6 is 11.6 Å². The zero-order valence-corrected chi connectivity index (χ0v) is 11.5. The SMILES string of the molecule is O=c1[nH]ncc(NC2C3CC4CC(C3)CC2C4)c1Cl. The van der Waals surface area contributed by atoms with Crippen molar-refractivity contribution in [2.45, 2.75) is 38.1 Å². The average Bonchev–Trinajstić information content (AvgIpc) is 2.38. The fourth-order valence-electron chi connectivity index (χ4n) is 4.82. The molecule has 4 aliphatic rings. The molecule has 0 aromatic carbocycles. The molecule has 2 N–H and O–H groups in total. The molecule has 1 heterocycles. The number of halogens is 1. The van der Waals surface area contributed by atoms with Gasteiger partial charge in [0.2, 0.25) is 0 Å². The number of nitrogens with zero attached hydrogens (tertiary/aromatic N) is 1. The summed E-state index contributed by atoms with van der Waals surface area (Å²) in [6.45, 7) is 0. The van der Waals surface area contributed by atoms with E-state index >= 15 is 0 Å². The molecule has 0 spiro atoms. The Balaban J connectivity index is 1.60. The van der Waals surface area contributed by atoms with Crippen molar-refractivity contribution in [1.29, 1.82) is 0 Å². The number of rotatable bonds is 2. The van der Waals surface area contributed by atoms with E-state index in [0.29, 0.717) is 11.7 Å². The number of hydrogen-bond acceptors (Lipinski definition) is 3. The third-order valence-corrected chi connectivity index (χ3v) is 5.72. The van der Waals surface area contributed by atoms with Gasteiger partial charge >= 0.3 is 0 Å². The van der Waals surface area contributed by atoms with Crippen molar-refractivity contribution in [2.24, 2.45) is 23.7 Å². The molecule has 0 radical (unpaired) electrons. The van der Waals surface area contributed by atoms with Gasteiger partial charge in [-0.2, -0.15) is 5.10 Å². The summed E-state index contributed by atoms with van der Waals surface area (Å²) in [4.78, 5) is 11.5. The zero-order chi connectivity index (χ0) is 13.0. The van der Waals surface area contributed by atoms with Crippen LogP contribution < -0.4 is 10.9 Å². The van der Waals surface area contributed by atoms with Gasteiger partial charge in [0.05, 0.1) is 11.9 Å². The molecule has 4 saturated carbocycles. The Morgan fingerprint density at radius 3 is 2.42 bits per heavy atom. The quantitative estimate of drug-likeness (QED) is 0.875. The monoisotopic (exact) mass is 279 g/mol. The summed E-state index contributed by atoms with van der Waals surface area (Å²) < 4.78 is 0. The van der Waals surface area contributed by atoms with Crippen molar-refractivity contribution >= 4 is 17.3 Å². The number of H-pyrrole nitrogens is 1. The molecule has 0 unspecified atom stereocenters. The zero-order valence-electron chi connectivity index (χ0n) is 10.7. The molecule has 19 heavy (non-hydrogen) atoms. The minimum Gasteiger partial charge on any atom is -0.379 e. The van der Waals surface area contributed by atoms with E-state index in [9.17, 15) is 4.79 Å². The molecule has 0 aliphatic heterocycles. The highest BCUT2D eigenvalue weighted by Crippen LogP contribution is 2.54. The summed E-state index contributed by atoms with van der Waals surface area (Å²) in [7, 11) is 0. The van der Waals surface area contributed by atoms with Crippen LogP contribution in [0.5, 0.6) is 0 Å². The summed E-state index contributed by atoms with van der Waals surface area (Å²) in [5.41, 5.74) is 0.387. The van der Waals surface area contributed by atoms with Crippen molar-refractivity contribution in [1.82, 2.24) is 10.2 Å². The van der Waals surface area contributed by atoms with Crippen LogP contribution in [0, 0.1) is 23.7 Å². The second-order valence-electron chi connectivity index (χ2n) is 6.53. The largest absolute Gasteiger partial charge is 0.379 e. The van der Waals surface area contributed by atoms with Crippen LogP contribution in [0.3, 0.4) is 0 Å². The third kappa shape index (κ3) is 1.88. The Morgan fingerprint density at radius 2 is 1.79 bits per heavy atom.